The number of thiophene rings is 1. The number of hydrogen-bond donors (Lipinski definition) is 3. The van der Waals surface area contributed by atoms with E-state index in [0.717, 1.165) is 27.5 Å². The number of H-pyrrole nitrogens is 1. The number of amides is 1. The molecule has 0 aliphatic heterocycles. The minimum Gasteiger partial charge on any atom is -0.325 e. The molecule has 4 aromatic rings. The van der Waals surface area contributed by atoms with Crippen molar-refractivity contribution in [2.24, 2.45) is 0 Å². The number of aromatic amines is 1. The molecule has 146 valence electrons. The molecule has 1 amide bonds. The molecule has 0 bridgehead atoms. The predicted molar refractivity (Wildman–Crippen MR) is 116 cm³/mol. The molecule has 0 spiro atoms. The maximum atomic E-state index is 11.7. The quantitative estimate of drug-likeness (QED) is 0.420. The molecule has 4 rings (SSSR count). The Morgan fingerprint density at radius 2 is 1.93 bits per heavy atom. The Morgan fingerprint density at radius 1 is 1.10 bits per heavy atom. The number of aromatic nitrogens is 4. The highest BCUT2D eigenvalue weighted by molar-refractivity contribution is 7.14. The topological polar surface area (TPSA) is 95.6 Å². The molecule has 0 atom stereocenters. The van der Waals surface area contributed by atoms with Gasteiger partial charge in [-0.25, -0.2) is 9.97 Å². The molecule has 3 N–H and O–H groups in total. The summed E-state index contributed by atoms with van der Waals surface area (Å²) in [5.41, 5.74) is 3.51. The van der Waals surface area contributed by atoms with Gasteiger partial charge >= 0.3 is 0 Å². The van der Waals surface area contributed by atoms with Gasteiger partial charge in [-0.2, -0.15) is 5.10 Å². The summed E-state index contributed by atoms with van der Waals surface area (Å²) < 4.78 is 0. The van der Waals surface area contributed by atoms with E-state index in [1.165, 1.54) is 11.3 Å². The van der Waals surface area contributed by atoms with Crippen molar-refractivity contribution in [2.45, 2.75) is 20.3 Å². The lowest BCUT2D eigenvalue weighted by atomic mass is 10.1. The number of benzene rings is 1. The van der Waals surface area contributed by atoms with Gasteiger partial charge in [-0.15, -0.1) is 11.3 Å². The summed E-state index contributed by atoms with van der Waals surface area (Å²) in [5.74, 6) is 1.90. The van der Waals surface area contributed by atoms with Gasteiger partial charge < -0.3 is 10.6 Å². The summed E-state index contributed by atoms with van der Waals surface area (Å²) in [6, 6.07) is 15.6. The van der Waals surface area contributed by atoms with E-state index in [0.29, 0.717) is 23.9 Å². The predicted octanol–water partition coefficient (Wildman–Crippen LogP) is 5.00. The smallest absolute Gasteiger partial charge is 0.224 e. The molecule has 8 heteroatoms. The van der Waals surface area contributed by atoms with E-state index in [-0.39, 0.29) is 5.91 Å². The second kappa shape index (κ2) is 8.24. The molecule has 3 heterocycles. The summed E-state index contributed by atoms with van der Waals surface area (Å²) in [5, 5.41) is 15.1. The van der Waals surface area contributed by atoms with E-state index in [1.54, 1.807) is 0 Å². The van der Waals surface area contributed by atoms with Gasteiger partial charge in [0.05, 0.1) is 16.3 Å². The van der Waals surface area contributed by atoms with E-state index < -0.39 is 0 Å². The number of hydrogen-bond acceptors (Lipinski definition) is 6. The summed E-state index contributed by atoms with van der Waals surface area (Å²) >= 11 is 1.49. The van der Waals surface area contributed by atoms with Crippen molar-refractivity contribution < 1.29 is 4.79 Å². The van der Waals surface area contributed by atoms with Gasteiger partial charge in [0.2, 0.25) is 5.91 Å². The van der Waals surface area contributed by atoms with Gasteiger partial charge in [-0.1, -0.05) is 37.3 Å². The van der Waals surface area contributed by atoms with Gasteiger partial charge in [0.15, 0.2) is 11.6 Å². The van der Waals surface area contributed by atoms with Crippen molar-refractivity contribution in [1.29, 1.82) is 0 Å². The van der Waals surface area contributed by atoms with Crippen LogP contribution in [-0.2, 0) is 4.79 Å². The van der Waals surface area contributed by atoms with E-state index in [2.05, 4.69) is 25.8 Å². The average Bonchev–Trinajstić information content (AvgIpc) is 3.37. The third kappa shape index (κ3) is 4.49. The van der Waals surface area contributed by atoms with Crippen LogP contribution in [0.4, 0.5) is 17.3 Å². The highest BCUT2D eigenvalue weighted by atomic mass is 32.1. The maximum Gasteiger partial charge on any atom is 0.224 e. The third-order valence-electron chi connectivity index (χ3n) is 4.18. The number of carbonyl (C=O) groups excluding carboxylic acids is 1. The normalized spacial score (nSPS) is 10.7. The van der Waals surface area contributed by atoms with Crippen LogP contribution >= 0.6 is 11.3 Å². The van der Waals surface area contributed by atoms with Crippen molar-refractivity contribution in [3.63, 3.8) is 0 Å². The van der Waals surface area contributed by atoms with Crippen LogP contribution in [0.2, 0.25) is 0 Å². The van der Waals surface area contributed by atoms with Crippen LogP contribution in [0.1, 0.15) is 19.0 Å². The van der Waals surface area contributed by atoms with Crippen LogP contribution in [0.5, 0.6) is 0 Å². The molecular weight excluding hydrogens is 384 g/mol. The molecule has 0 unspecified atom stereocenters. The summed E-state index contributed by atoms with van der Waals surface area (Å²) in [6.07, 6.45) is 0.433. The second-order valence-corrected chi connectivity index (χ2v) is 7.40. The minimum absolute atomic E-state index is 0.0236. The van der Waals surface area contributed by atoms with Crippen molar-refractivity contribution in [3.05, 3.63) is 59.6 Å². The molecule has 7 nitrogen and oxygen atoms in total. The van der Waals surface area contributed by atoms with Gasteiger partial charge in [-0.3, -0.25) is 9.89 Å². The first-order valence-corrected chi connectivity index (χ1v) is 10.1. The van der Waals surface area contributed by atoms with Crippen molar-refractivity contribution in [1.82, 2.24) is 20.2 Å². The number of carbonyl (C=O) groups is 1. The zero-order valence-corrected chi connectivity index (χ0v) is 16.9. The van der Waals surface area contributed by atoms with E-state index in [1.807, 2.05) is 67.8 Å². The Labute approximate surface area is 172 Å². The van der Waals surface area contributed by atoms with Gasteiger partial charge in [0, 0.05) is 35.2 Å². The fraction of sp³-hybridized carbons (Fsp3) is 0.143. The third-order valence-corrected chi connectivity index (χ3v) is 5.11. The maximum absolute atomic E-state index is 11.7. The van der Waals surface area contributed by atoms with Crippen LogP contribution in [0.25, 0.3) is 22.0 Å². The molecule has 0 aliphatic carbocycles. The van der Waals surface area contributed by atoms with Crippen LogP contribution in [0.15, 0.2) is 53.9 Å². The molecule has 0 saturated heterocycles. The van der Waals surface area contributed by atoms with Crippen LogP contribution in [-0.4, -0.2) is 26.1 Å². The van der Waals surface area contributed by atoms with E-state index >= 15 is 0 Å². The lowest BCUT2D eigenvalue weighted by molar-refractivity contribution is -0.115. The van der Waals surface area contributed by atoms with Crippen molar-refractivity contribution in [3.8, 4) is 22.0 Å². The molecule has 0 radical (unpaired) electrons. The van der Waals surface area contributed by atoms with Crippen LogP contribution in [0, 0.1) is 6.92 Å². The van der Waals surface area contributed by atoms with Crippen LogP contribution in [0.3, 0.4) is 0 Å². The lowest BCUT2D eigenvalue weighted by Crippen LogP contribution is -2.08. The Kier molecular flexibility index (Phi) is 5.35. The highest BCUT2D eigenvalue weighted by Gasteiger charge is 2.12. The zero-order valence-electron chi connectivity index (χ0n) is 16.1. The average molecular weight is 404 g/mol. The molecule has 0 aliphatic rings. The molecular formula is C21H20N6OS. The summed E-state index contributed by atoms with van der Waals surface area (Å²) in [4.78, 5) is 22.0. The SMILES string of the molecule is CCC(=O)Nc1csc(-c2nc(Nc3cc(C)[nH]n3)cc(-c3ccccc3)n2)c1. The van der Waals surface area contributed by atoms with E-state index in [9.17, 15) is 4.79 Å². The Balaban J connectivity index is 1.72. The Bertz CT molecular complexity index is 1140. The number of nitrogens with zero attached hydrogens (tertiary/aromatic N) is 3. The first kappa shape index (κ1) is 18.8. The number of aryl methyl sites for hydroxylation is 1. The molecule has 0 fully saturated rings. The number of nitrogens with one attached hydrogen (secondary N) is 3. The Morgan fingerprint density at radius 3 is 2.66 bits per heavy atom. The minimum atomic E-state index is -0.0236. The monoisotopic (exact) mass is 404 g/mol. The fourth-order valence-electron chi connectivity index (χ4n) is 2.76. The van der Waals surface area contributed by atoms with Crippen molar-refractivity contribution in [2.75, 3.05) is 10.6 Å². The summed E-state index contributed by atoms with van der Waals surface area (Å²) in [7, 11) is 0. The molecule has 1 aromatic carbocycles. The number of anilines is 3. The van der Waals surface area contributed by atoms with Crippen LogP contribution < -0.4 is 10.6 Å². The summed E-state index contributed by atoms with van der Waals surface area (Å²) in [6.45, 7) is 3.76. The standard InChI is InChI=1S/C21H20N6OS/c1-3-20(28)22-15-10-17(29-12-15)21-23-16(14-7-5-4-6-8-14)11-18(25-21)24-19-9-13(2)26-27-19/h4-12H,3H2,1-2H3,(H,22,28)(H2,23,24,25,26,27). The molecule has 3 aromatic heterocycles. The first-order valence-electron chi connectivity index (χ1n) is 9.23. The zero-order chi connectivity index (χ0) is 20.2. The van der Waals surface area contributed by atoms with Gasteiger partial charge in [0.1, 0.15) is 5.82 Å². The number of rotatable bonds is 6. The lowest BCUT2D eigenvalue weighted by Gasteiger charge is -2.08. The van der Waals surface area contributed by atoms with Gasteiger partial charge in [-0.05, 0) is 13.0 Å². The second-order valence-electron chi connectivity index (χ2n) is 6.49. The van der Waals surface area contributed by atoms with Gasteiger partial charge in [0.25, 0.3) is 0 Å². The van der Waals surface area contributed by atoms with E-state index in [4.69, 9.17) is 4.98 Å². The molecule has 29 heavy (non-hydrogen) atoms. The fourth-order valence-corrected chi connectivity index (χ4v) is 3.53. The largest absolute Gasteiger partial charge is 0.325 e. The first-order chi connectivity index (χ1) is 14.1. The highest BCUT2D eigenvalue weighted by Crippen LogP contribution is 2.31. The van der Waals surface area contributed by atoms with Crippen molar-refractivity contribution >= 4 is 34.6 Å². The molecule has 0 saturated carbocycles. The Hall–Kier alpha value is -3.52.